The standard InChI is InChI=1S/C14H12N2O5S/c1-8-9(4-3-5-11(8)16(19)20)13(17)15-10-6-7-22-12(10)14(18)21-2/h3-7H,1-2H3,(H,15,17). The number of hydrogen-bond acceptors (Lipinski definition) is 6. The van der Waals surface area contributed by atoms with Crippen molar-refractivity contribution >= 4 is 34.6 Å². The first-order chi connectivity index (χ1) is 10.5. The van der Waals surface area contributed by atoms with Crippen molar-refractivity contribution in [2.24, 2.45) is 0 Å². The van der Waals surface area contributed by atoms with E-state index in [4.69, 9.17) is 0 Å². The van der Waals surface area contributed by atoms with Gasteiger partial charge in [0.2, 0.25) is 0 Å². The van der Waals surface area contributed by atoms with E-state index in [1.807, 2.05) is 0 Å². The van der Waals surface area contributed by atoms with Gasteiger partial charge in [0.25, 0.3) is 11.6 Å². The average molecular weight is 320 g/mol. The van der Waals surface area contributed by atoms with Crippen LogP contribution in [0.15, 0.2) is 29.6 Å². The zero-order chi connectivity index (χ0) is 16.3. The molecule has 1 N–H and O–H groups in total. The molecule has 1 heterocycles. The van der Waals surface area contributed by atoms with Crippen molar-refractivity contribution in [1.29, 1.82) is 0 Å². The smallest absolute Gasteiger partial charge is 0.350 e. The lowest BCUT2D eigenvalue weighted by Crippen LogP contribution is -2.15. The third-order valence-electron chi connectivity index (χ3n) is 3.03. The van der Waals surface area contributed by atoms with Gasteiger partial charge >= 0.3 is 5.97 Å². The summed E-state index contributed by atoms with van der Waals surface area (Å²) in [6.07, 6.45) is 0. The topological polar surface area (TPSA) is 98.5 Å². The Morgan fingerprint density at radius 3 is 2.68 bits per heavy atom. The highest BCUT2D eigenvalue weighted by Crippen LogP contribution is 2.26. The van der Waals surface area contributed by atoms with E-state index in [-0.39, 0.29) is 21.7 Å². The molecular formula is C14H12N2O5S. The second kappa shape index (κ2) is 6.35. The SMILES string of the molecule is COC(=O)c1sccc1NC(=O)c1cccc([N+](=O)[O-])c1C. The number of benzene rings is 1. The number of ether oxygens (including phenoxy) is 1. The minimum atomic E-state index is -0.555. The Bertz CT molecular complexity index is 753. The number of anilines is 1. The Hall–Kier alpha value is -2.74. The molecule has 7 nitrogen and oxygen atoms in total. The molecule has 0 fully saturated rings. The molecular weight excluding hydrogens is 308 g/mol. The molecule has 0 radical (unpaired) electrons. The number of hydrogen-bond donors (Lipinski definition) is 1. The van der Waals surface area contributed by atoms with Gasteiger partial charge < -0.3 is 10.1 Å². The van der Waals surface area contributed by atoms with Crippen LogP contribution in [0.25, 0.3) is 0 Å². The Kier molecular flexibility index (Phi) is 4.52. The summed E-state index contributed by atoms with van der Waals surface area (Å²) in [5.41, 5.74) is 0.620. The molecule has 22 heavy (non-hydrogen) atoms. The van der Waals surface area contributed by atoms with E-state index in [0.29, 0.717) is 5.69 Å². The monoisotopic (exact) mass is 320 g/mol. The summed E-state index contributed by atoms with van der Waals surface area (Å²) >= 11 is 1.13. The molecule has 1 aromatic carbocycles. The van der Waals surface area contributed by atoms with Gasteiger partial charge in [-0.05, 0) is 24.4 Å². The predicted octanol–water partition coefficient (Wildman–Crippen LogP) is 3.00. The van der Waals surface area contributed by atoms with E-state index >= 15 is 0 Å². The molecule has 0 bridgehead atoms. The summed E-state index contributed by atoms with van der Waals surface area (Å²) in [5, 5.41) is 15.1. The third kappa shape index (κ3) is 2.96. The summed E-state index contributed by atoms with van der Waals surface area (Å²) in [6.45, 7) is 1.50. The van der Waals surface area contributed by atoms with Crippen LogP contribution in [0.5, 0.6) is 0 Å². The number of nitro groups is 1. The molecule has 1 amide bonds. The van der Waals surface area contributed by atoms with Crippen LogP contribution in [-0.2, 0) is 4.74 Å². The molecule has 0 saturated carbocycles. The van der Waals surface area contributed by atoms with Crippen molar-refractivity contribution in [2.45, 2.75) is 6.92 Å². The molecule has 0 aliphatic heterocycles. The van der Waals surface area contributed by atoms with Crippen molar-refractivity contribution in [3.63, 3.8) is 0 Å². The summed E-state index contributed by atoms with van der Waals surface area (Å²) < 4.78 is 4.63. The molecule has 0 spiro atoms. The maximum atomic E-state index is 12.3. The van der Waals surface area contributed by atoms with E-state index in [9.17, 15) is 19.7 Å². The lowest BCUT2D eigenvalue weighted by atomic mass is 10.1. The first-order valence-electron chi connectivity index (χ1n) is 6.17. The molecule has 8 heteroatoms. The fraction of sp³-hybridized carbons (Fsp3) is 0.143. The molecule has 0 saturated heterocycles. The van der Waals surface area contributed by atoms with Crippen molar-refractivity contribution in [2.75, 3.05) is 12.4 Å². The van der Waals surface area contributed by atoms with Crippen LogP contribution >= 0.6 is 11.3 Å². The highest BCUT2D eigenvalue weighted by Gasteiger charge is 2.20. The Morgan fingerprint density at radius 2 is 2.05 bits per heavy atom. The van der Waals surface area contributed by atoms with Gasteiger partial charge in [-0.3, -0.25) is 14.9 Å². The molecule has 2 rings (SSSR count). The van der Waals surface area contributed by atoms with Gasteiger partial charge in [-0.25, -0.2) is 4.79 Å². The quantitative estimate of drug-likeness (QED) is 0.530. The number of thiophene rings is 1. The molecule has 1 aromatic heterocycles. The van der Waals surface area contributed by atoms with Gasteiger partial charge in [0.15, 0.2) is 0 Å². The predicted molar refractivity (Wildman–Crippen MR) is 81.4 cm³/mol. The Morgan fingerprint density at radius 1 is 1.32 bits per heavy atom. The molecule has 0 unspecified atom stereocenters. The number of nitrogens with zero attached hydrogens (tertiary/aromatic N) is 1. The van der Waals surface area contributed by atoms with E-state index in [1.54, 1.807) is 11.4 Å². The van der Waals surface area contributed by atoms with E-state index < -0.39 is 16.8 Å². The largest absolute Gasteiger partial charge is 0.465 e. The lowest BCUT2D eigenvalue weighted by Gasteiger charge is -2.08. The van der Waals surface area contributed by atoms with Crippen LogP contribution in [0.1, 0.15) is 25.6 Å². The molecule has 2 aromatic rings. The van der Waals surface area contributed by atoms with Crippen LogP contribution < -0.4 is 5.32 Å². The normalized spacial score (nSPS) is 10.1. The van der Waals surface area contributed by atoms with Crippen molar-refractivity contribution in [1.82, 2.24) is 0 Å². The summed E-state index contributed by atoms with van der Waals surface area (Å²) in [5.74, 6) is -1.08. The third-order valence-corrected chi connectivity index (χ3v) is 3.93. The summed E-state index contributed by atoms with van der Waals surface area (Å²) in [7, 11) is 1.25. The van der Waals surface area contributed by atoms with Gasteiger partial charge in [0.1, 0.15) is 4.88 Å². The number of carbonyl (C=O) groups is 2. The van der Waals surface area contributed by atoms with Crippen LogP contribution in [0.2, 0.25) is 0 Å². The average Bonchev–Trinajstić information content (AvgIpc) is 2.94. The lowest BCUT2D eigenvalue weighted by molar-refractivity contribution is -0.385. The number of methoxy groups -OCH3 is 1. The number of esters is 1. The van der Waals surface area contributed by atoms with Crippen LogP contribution in [-0.4, -0.2) is 23.9 Å². The fourth-order valence-corrected chi connectivity index (χ4v) is 2.68. The summed E-state index contributed by atoms with van der Waals surface area (Å²) in [4.78, 5) is 34.5. The van der Waals surface area contributed by atoms with Crippen LogP contribution in [0.4, 0.5) is 11.4 Å². The van der Waals surface area contributed by atoms with Gasteiger partial charge in [-0.2, -0.15) is 0 Å². The first kappa shape index (κ1) is 15.6. The molecule has 0 aliphatic rings. The highest BCUT2D eigenvalue weighted by atomic mass is 32.1. The Labute approximate surface area is 129 Å². The van der Waals surface area contributed by atoms with Crippen LogP contribution in [0.3, 0.4) is 0 Å². The van der Waals surface area contributed by atoms with Gasteiger partial charge in [-0.15, -0.1) is 11.3 Å². The molecule has 0 aliphatic carbocycles. The highest BCUT2D eigenvalue weighted by molar-refractivity contribution is 7.12. The number of carbonyl (C=O) groups excluding carboxylic acids is 2. The van der Waals surface area contributed by atoms with Crippen molar-refractivity contribution in [3.05, 3.63) is 55.8 Å². The number of nitro benzene ring substituents is 1. The fourth-order valence-electron chi connectivity index (χ4n) is 1.92. The second-order valence-corrected chi connectivity index (χ2v) is 5.23. The maximum Gasteiger partial charge on any atom is 0.350 e. The molecule has 114 valence electrons. The van der Waals surface area contributed by atoms with Crippen LogP contribution in [0, 0.1) is 17.0 Å². The number of nitrogens with one attached hydrogen (secondary N) is 1. The zero-order valence-electron chi connectivity index (χ0n) is 11.8. The number of rotatable bonds is 4. The summed E-state index contributed by atoms with van der Waals surface area (Å²) in [6, 6.07) is 5.83. The maximum absolute atomic E-state index is 12.3. The van der Waals surface area contributed by atoms with Gasteiger partial charge in [-0.1, -0.05) is 6.07 Å². The van der Waals surface area contributed by atoms with Gasteiger partial charge in [0.05, 0.1) is 17.7 Å². The van der Waals surface area contributed by atoms with Crippen molar-refractivity contribution < 1.29 is 19.2 Å². The molecule has 0 atom stereocenters. The zero-order valence-corrected chi connectivity index (χ0v) is 12.6. The Balaban J connectivity index is 2.31. The van der Waals surface area contributed by atoms with Gasteiger partial charge in [0, 0.05) is 17.2 Å². The second-order valence-electron chi connectivity index (χ2n) is 4.32. The van der Waals surface area contributed by atoms with E-state index in [0.717, 1.165) is 11.3 Å². The van der Waals surface area contributed by atoms with E-state index in [1.165, 1.54) is 32.2 Å². The first-order valence-corrected chi connectivity index (χ1v) is 7.04. The minimum absolute atomic E-state index is 0.133. The number of amides is 1. The van der Waals surface area contributed by atoms with Crippen molar-refractivity contribution in [3.8, 4) is 0 Å². The van der Waals surface area contributed by atoms with E-state index in [2.05, 4.69) is 10.1 Å². The minimum Gasteiger partial charge on any atom is -0.465 e.